The SMILES string of the molecule is CC(C)(C)Nc1cc(C2CCC2)[nH]n1. The Morgan fingerprint density at radius 2 is 2.14 bits per heavy atom. The minimum Gasteiger partial charge on any atom is -0.364 e. The highest BCUT2D eigenvalue weighted by molar-refractivity contribution is 5.38. The Labute approximate surface area is 85.3 Å². The topological polar surface area (TPSA) is 40.7 Å². The molecule has 1 aromatic rings. The molecule has 3 heteroatoms. The lowest BCUT2D eigenvalue weighted by Crippen LogP contribution is -2.26. The highest BCUT2D eigenvalue weighted by Gasteiger charge is 2.22. The van der Waals surface area contributed by atoms with Gasteiger partial charge in [0.2, 0.25) is 0 Å². The minimum absolute atomic E-state index is 0.0894. The van der Waals surface area contributed by atoms with Gasteiger partial charge in [-0.05, 0) is 33.6 Å². The van der Waals surface area contributed by atoms with Crippen LogP contribution in [0.3, 0.4) is 0 Å². The third-order valence-corrected chi connectivity index (χ3v) is 2.65. The summed E-state index contributed by atoms with van der Waals surface area (Å²) in [5, 5.41) is 10.7. The molecule has 0 spiro atoms. The zero-order valence-corrected chi connectivity index (χ0v) is 9.22. The normalized spacial score (nSPS) is 17.9. The average Bonchev–Trinajstić information content (AvgIpc) is 2.28. The lowest BCUT2D eigenvalue weighted by atomic mass is 9.83. The van der Waals surface area contributed by atoms with E-state index in [4.69, 9.17) is 0 Å². The van der Waals surface area contributed by atoms with Crippen molar-refractivity contribution >= 4 is 5.82 Å². The summed E-state index contributed by atoms with van der Waals surface area (Å²) in [4.78, 5) is 0. The quantitative estimate of drug-likeness (QED) is 0.758. The Bertz CT molecular complexity index is 305. The van der Waals surface area contributed by atoms with E-state index < -0.39 is 0 Å². The number of aromatic amines is 1. The van der Waals surface area contributed by atoms with Crippen LogP contribution in [-0.4, -0.2) is 15.7 Å². The number of hydrogen-bond donors (Lipinski definition) is 2. The number of H-pyrrole nitrogens is 1. The van der Waals surface area contributed by atoms with Crippen molar-refractivity contribution in [3.8, 4) is 0 Å². The van der Waals surface area contributed by atoms with E-state index in [1.165, 1.54) is 25.0 Å². The second-order valence-electron chi connectivity index (χ2n) is 5.21. The summed E-state index contributed by atoms with van der Waals surface area (Å²) >= 11 is 0. The van der Waals surface area contributed by atoms with Gasteiger partial charge in [-0.1, -0.05) is 6.42 Å². The third-order valence-electron chi connectivity index (χ3n) is 2.65. The fourth-order valence-corrected chi connectivity index (χ4v) is 1.71. The highest BCUT2D eigenvalue weighted by Crippen LogP contribution is 2.35. The number of hydrogen-bond acceptors (Lipinski definition) is 2. The van der Waals surface area contributed by atoms with Crippen LogP contribution in [0.25, 0.3) is 0 Å². The van der Waals surface area contributed by atoms with Crippen LogP contribution in [-0.2, 0) is 0 Å². The number of aromatic nitrogens is 2. The summed E-state index contributed by atoms with van der Waals surface area (Å²) in [7, 11) is 0. The molecule has 14 heavy (non-hydrogen) atoms. The van der Waals surface area contributed by atoms with Gasteiger partial charge in [0.15, 0.2) is 0 Å². The third kappa shape index (κ3) is 2.08. The molecule has 0 saturated heterocycles. The summed E-state index contributed by atoms with van der Waals surface area (Å²) in [6.07, 6.45) is 4.00. The Kier molecular flexibility index (Phi) is 2.25. The molecule has 0 unspecified atom stereocenters. The van der Waals surface area contributed by atoms with Crippen LogP contribution in [0.4, 0.5) is 5.82 Å². The first-order chi connectivity index (χ1) is 6.54. The van der Waals surface area contributed by atoms with Gasteiger partial charge >= 0.3 is 0 Å². The first-order valence-corrected chi connectivity index (χ1v) is 5.38. The standard InChI is InChI=1S/C11H19N3/c1-11(2,3)12-10-7-9(13-14-10)8-5-4-6-8/h7-8H,4-6H2,1-3H3,(H2,12,13,14). The minimum atomic E-state index is 0.0894. The van der Waals surface area contributed by atoms with Crippen molar-refractivity contribution < 1.29 is 0 Å². The fourth-order valence-electron chi connectivity index (χ4n) is 1.71. The maximum absolute atomic E-state index is 4.27. The molecule has 0 atom stereocenters. The maximum atomic E-state index is 4.27. The fraction of sp³-hybridized carbons (Fsp3) is 0.727. The maximum Gasteiger partial charge on any atom is 0.148 e. The smallest absolute Gasteiger partial charge is 0.148 e. The lowest BCUT2D eigenvalue weighted by molar-refractivity contribution is 0.410. The first-order valence-electron chi connectivity index (χ1n) is 5.38. The Morgan fingerprint density at radius 1 is 1.43 bits per heavy atom. The predicted octanol–water partition coefficient (Wildman–Crippen LogP) is 2.89. The van der Waals surface area contributed by atoms with Gasteiger partial charge in [0.1, 0.15) is 5.82 Å². The van der Waals surface area contributed by atoms with Gasteiger partial charge in [0.05, 0.1) is 0 Å². The summed E-state index contributed by atoms with van der Waals surface area (Å²) < 4.78 is 0. The molecule has 78 valence electrons. The monoisotopic (exact) mass is 193 g/mol. The molecule has 1 aromatic heterocycles. The van der Waals surface area contributed by atoms with E-state index in [2.05, 4.69) is 42.4 Å². The molecule has 1 saturated carbocycles. The molecule has 1 aliphatic carbocycles. The van der Waals surface area contributed by atoms with E-state index in [0.717, 1.165) is 11.7 Å². The van der Waals surface area contributed by atoms with Crippen LogP contribution in [0.5, 0.6) is 0 Å². The number of rotatable bonds is 2. The molecule has 2 N–H and O–H groups in total. The molecular formula is C11H19N3. The molecule has 2 rings (SSSR count). The van der Waals surface area contributed by atoms with Gasteiger partial charge < -0.3 is 5.32 Å². The average molecular weight is 193 g/mol. The van der Waals surface area contributed by atoms with Crippen molar-refractivity contribution in [3.05, 3.63) is 11.8 Å². The van der Waals surface area contributed by atoms with Gasteiger partial charge in [-0.2, -0.15) is 5.10 Å². The first kappa shape index (κ1) is 9.56. The second-order valence-corrected chi connectivity index (χ2v) is 5.21. The number of anilines is 1. The second kappa shape index (κ2) is 3.30. The summed E-state index contributed by atoms with van der Waals surface area (Å²) in [6.45, 7) is 6.43. The Hall–Kier alpha value is -0.990. The summed E-state index contributed by atoms with van der Waals surface area (Å²) in [5.74, 6) is 1.71. The summed E-state index contributed by atoms with van der Waals surface area (Å²) in [5.41, 5.74) is 1.38. The van der Waals surface area contributed by atoms with Crippen LogP contribution in [0, 0.1) is 0 Å². The lowest BCUT2D eigenvalue weighted by Gasteiger charge is -2.23. The Balaban J connectivity index is 2.02. The van der Waals surface area contributed by atoms with E-state index in [0.29, 0.717) is 0 Å². The van der Waals surface area contributed by atoms with Crippen LogP contribution in [0.15, 0.2) is 6.07 Å². The molecule has 3 nitrogen and oxygen atoms in total. The van der Waals surface area contributed by atoms with Crippen molar-refractivity contribution in [1.29, 1.82) is 0 Å². The van der Waals surface area contributed by atoms with Crippen molar-refractivity contribution in [2.75, 3.05) is 5.32 Å². The molecular weight excluding hydrogens is 174 g/mol. The molecule has 0 aliphatic heterocycles. The molecule has 0 radical (unpaired) electrons. The van der Waals surface area contributed by atoms with Crippen molar-refractivity contribution in [1.82, 2.24) is 10.2 Å². The molecule has 0 bridgehead atoms. The Morgan fingerprint density at radius 3 is 2.64 bits per heavy atom. The van der Waals surface area contributed by atoms with Gasteiger partial charge in [0.25, 0.3) is 0 Å². The van der Waals surface area contributed by atoms with Crippen molar-refractivity contribution in [3.63, 3.8) is 0 Å². The zero-order chi connectivity index (χ0) is 10.2. The van der Waals surface area contributed by atoms with Crippen LogP contribution < -0.4 is 5.32 Å². The van der Waals surface area contributed by atoms with E-state index in [9.17, 15) is 0 Å². The number of nitrogens with one attached hydrogen (secondary N) is 2. The van der Waals surface area contributed by atoms with Gasteiger partial charge in [-0.15, -0.1) is 0 Å². The van der Waals surface area contributed by atoms with Crippen molar-refractivity contribution in [2.45, 2.75) is 51.5 Å². The zero-order valence-electron chi connectivity index (χ0n) is 9.22. The van der Waals surface area contributed by atoms with Gasteiger partial charge in [0, 0.05) is 23.2 Å². The van der Waals surface area contributed by atoms with Crippen LogP contribution >= 0.6 is 0 Å². The summed E-state index contributed by atoms with van der Waals surface area (Å²) in [6, 6.07) is 2.15. The molecule has 1 aliphatic rings. The van der Waals surface area contributed by atoms with Crippen LogP contribution in [0.1, 0.15) is 51.6 Å². The molecule has 0 aromatic carbocycles. The van der Waals surface area contributed by atoms with E-state index in [1.807, 2.05) is 0 Å². The van der Waals surface area contributed by atoms with Gasteiger partial charge in [-0.3, -0.25) is 5.10 Å². The largest absolute Gasteiger partial charge is 0.364 e. The molecule has 0 amide bonds. The highest BCUT2D eigenvalue weighted by atomic mass is 15.2. The van der Waals surface area contributed by atoms with E-state index in [-0.39, 0.29) is 5.54 Å². The predicted molar refractivity (Wildman–Crippen MR) is 58.6 cm³/mol. The van der Waals surface area contributed by atoms with Gasteiger partial charge in [-0.25, -0.2) is 0 Å². The van der Waals surface area contributed by atoms with E-state index in [1.54, 1.807) is 0 Å². The van der Waals surface area contributed by atoms with Crippen LogP contribution in [0.2, 0.25) is 0 Å². The van der Waals surface area contributed by atoms with E-state index >= 15 is 0 Å². The molecule has 1 heterocycles. The molecule has 1 fully saturated rings. The number of nitrogens with zero attached hydrogens (tertiary/aromatic N) is 1. The van der Waals surface area contributed by atoms with Crippen molar-refractivity contribution in [2.24, 2.45) is 0 Å².